The number of rotatable bonds is 6. The summed E-state index contributed by atoms with van der Waals surface area (Å²) >= 11 is 0. The molecule has 2 rings (SSSR count). The SMILES string of the molecule is CCn1cc(CN(CC(C)C)C(=O)c2cc(C)n(C)c2C)cn1. The molecule has 0 bridgehead atoms. The summed E-state index contributed by atoms with van der Waals surface area (Å²) in [6.07, 6.45) is 3.87. The van der Waals surface area contributed by atoms with Crippen LogP contribution in [0, 0.1) is 19.8 Å². The summed E-state index contributed by atoms with van der Waals surface area (Å²) in [4.78, 5) is 15.0. The van der Waals surface area contributed by atoms with Gasteiger partial charge in [0.1, 0.15) is 0 Å². The molecule has 0 saturated carbocycles. The van der Waals surface area contributed by atoms with E-state index in [-0.39, 0.29) is 5.91 Å². The number of carbonyl (C=O) groups excluding carboxylic acids is 1. The van der Waals surface area contributed by atoms with E-state index in [0.29, 0.717) is 12.5 Å². The molecule has 0 radical (unpaired) electrons. The average Bonchev–Trinajstić information content (AvgIpc) is 3.05. The standard InChI is InChI=1S/C18H28N4O/c1-7-22-12-16(9-19-22)11-21(10-13(2)3)18(23)17-8-14(4)20(6)15(17)5/h8-9,12-13H,7,10-11H2,1-6H3. The van der Waals surface area contributed by atoms with Gasteiger partial charge in [-0.3, -0.25) is 9.48 Å². The Balaban J connectivity index is 2.26. The van der Waals surface area contributed by atoms with Crippen molar-refractivity contribution in [3.8, 4) is 0 Å². The summed E-state index contributed by atoms with van der Waals surface area (Å²) in [5.74, 6) is 0.523. The van der Waals surface area contributed by atoms with E-state index in [2.05, 4.69) is 30.4 Å². The van der Waals surface area contributed by atoms with Gasteiger partial charge in [0, 0.05) is 49.8 Å². The van der Waals surface area contributed by atoms with Crippen LogP contribution in [0.3, 0.4) is 0 Å². The van der Waals surface area contributed by atoms with Crippen molar-refractivity contribution in [3.05, 3.63) is 41.0 Å². The summed E-state index contributed by atoms with van der Waals surface area (Å²) in [7, 11) is 2.00. The van der Waals surface area contributed by atoms with Crippen molar-refractivity contribution in [2.24, 2.45) is 13.0 Å². The Hall–Kier alpha value is -2.04. The molecule has 2 heterocycles. The zero-order chi connectivity index (χ0) is 17.1. The average molecular weight is 316 g/mol. The zero-order valence-electron chi connectivity index (χ0n) is 15.1. The molecule has 0 atom stereocenters. The number of aromatic nitrogens is 3. The van der Waals surface area contributed by atoms with Crippen LogP contribution in [0.2, 0.25) is 0 Å². The lowest BCUT2D eigenvalue weighted by molar-refractivity contribution is 0.0722. The van der Waals surface area contributed by atoms with Crippen LogP contribution in [0.5, 0.6) is 0 Å². The second-order valence-electron chi connectivity index (χ2n) is 6.63. The molecule has 0 aliphatic rings. The molecule has 0 unspecified atom stereocenters. The normalized spacial score (nSPS) is 11.3. The third-order valence-corrected chi connectivity index (χ3v) is 4.26. The van der Waals surface area contributed by atoms with Crippen molar-refractivity contribution in [2.45, 2.75) is 47.7 Å². The first-order valence-electron chi connectivity index (χ1n) is 8.27. The highest BCUT2D eigenvalue weighted by molar-refractivity contribution is 5.95. The highest BCUT2D eigenvalue weighted by atomic mass is 16.2. The molecular weight excluding hydrogens is 288 g/mol. The lowest BCUT2D eigenvalue weighted by Crippen LogP contribution is -2.34. The van der Waals surface area contributed by atoms with Crippen LogP contribution in [0.25, 0.3) is 0 Å². The molecule has 0 aliphatic carbocycles. The molecule has 0 aromatic carbocycles. The molecule has 0 spiro atoms. The Kier molecular flexibility index (Phi) is 5.29. The molecule has 2 aromatic heterocycles. The van der Waals surface area contributed by atoms with Gasteiger partial charge in [0.05, 0.1) is 11.8 Å². The predicted octanol–water partition coefficient (Wildman–Crippen LogP) is 3.16. The zero-order valence-corrected chi connectivity index (χ0v) is 15.1. The van der Waals surface area contributed by atoms with Crippen LogP contribution in [0.15, 0.2) is 18.5 Å². The molecule has 0 N–H and O–H groups in total. The van der Waals surface area contributed by atoms with E-state index >= 15 is 0 Å². The quantitative estimate of drug-likeness (QED) is 0.821. The van der Waals surface area contributed by atoms with Crippen molar-refractivity contribution in [1.29, 1.82) is 0 Å². The molecular formula is C18H28N4O. The van der Waals surface area contributed by atoms with E-state index < -0.39 is 0 Å². The fourth-order valence-electron chi connectivity index (χ4n) is 2.78. The third-order valence-electron chi connectivity index (χ3n) is 4.26. The Morgan fingerprint density at radius 2 is 2.04 bits per heavy atom. The Morgan fingerprint density at radius 3 is 2.52 bits per heavy atom. The largest absolute Gasteiger partial charge is 0.351 e. The Labute approximate surface area is 138 Å². The molecule has 2 aromatic rings. The number of amides is 1. The highest BCUT2D eigenvalue weighted by Crippen LogP contribution is 2.18. The van der Waals surface area contributed by atoms with Gasteiger partial charge in [-0.15, -0.1) is 0 Å². The van der Waals surface area contributed by atoms with E-state index in [1.54, 1.807) is 0 Å². The minimum atomic E-state index is 0.101. The fourth-order valence-corrected chi connectivity index (χ4v) is 2.78. The van der Waals surface area contributed by atoms with E-state index in [4.69, 9.17) is 0 Å². The minimum absolute atomic E-state index is 0.101. The summed E-state index contributed by atoms with van der Waals surface area (Å²) in [5.41, 5.74) is 4.00. The second-order valence-corrected chi connectivity index (χ2v) is 6.63. The first-order chi connectivity index (χ1) is 10.8. The summed E-state index contributed by atoms with van der Waals surface area (Å²) < 4.78 is 3.96. The molecule has 1 amide bonds. The predicted molar refractivity (Wildman–Crippen MR) is 92.4 cm³/mol. The van der Waals surface area contributed by atoms with Crippen LogP contribution in [-0.4, -0.2) is 31.7 Å². The number of hydrogen-bond acceptors (Lipinski definition) is 2. The maximum Gasteiger partial charge on any atom is 0.255 e. The molecule has 126 valence electrons. The van der Waals surface area contributed by atoms with E-state index in [1.807, 2.05) is 48.9 Å². The van der Waals surface area contributed by atoms with Crippen LogP contribution >= 0.6 is 0 Å². The Bertz CT molecular complexity index is 681. The van der Waals surface area contributed by atoms with Crippen LogP contribution in [-0.2, 0) is 20.1 Å². The first kappa shape index (κ1) is 17.3. The van der Waals surface area contributed by atoms with Crippen LogP contribution in [0.1, 0.15) is 48.1 Å². The number of aryl methyl sites for hydroxylation is 2. The second kappa shape index (κ2) is 7.02. The number of hydrogen-bond donors (Lipinski definition) is 0. The van der Waals surface area contributed by atoms with Gasteiger partial charge in [0.2, 0.25) is 0 Å². The number of nitrogens with zero attached hydrogens (tertiary/aromatic N) is 4. The van der Waals surface area contributed by atoms with Gasteiger partial charge < -0.3 is 9.47 Å². The number of carbonyl (C=O) groups is 1. The van der Waals surface area contributed by atoms with Gasteiger partial charge in [-0.05, 0) is 32.8 Å². The van der Waals surface area contributed by atoms with Crippen molar-refractivity contribution in [3.63, 3.8) is 0 Å². The third kappa shape index (κ3) is 3.84. The van der Waals surface area contributed by atoms with Crippen molar-refractivity contribution in [2.75, 3.05) is 6.54 Å². The fraction of sp³-hybridized carbons (Fsp3) is 0.556. The van der Waals surface area contributed by atoms with Gasteiger partial charge in [-0.25, -0.2) is 0 Å². The molecule has 5 heteroatoms. The first-order valence-corrected chi connectivity index (χ1v) is 8.27. The van der Waals surface area contributed by atoms with E-state index in [0.717, 1.165) is 35.6 Å². The highest BCUT2D eigenvalue weighted by Gasteiger charge is 2.22. The monoisotopic (exact) mass is 316 g/mol. The smallest absolute Gasteiger partial charge is 0.255 e. The lowest BCUT2D eigenvalue weighted by Gasteiger charge is -2.24. The van der Waals surface area contributed by atoms with E-state index in [1.165, 1.54) is 0 Å². The molecule has 0 saturated heterocycles. The van der Waals surface area contributed by atoms with Crippen LogP contribution < -0.4 is 0 Å². The molecule has 0 fully saturated rings. The van der Waals surface area contributed by atoms with Crippen molar-refractivity contribution in [1.82, 2.24) is 19.2 Å². The van der Waals surface area contributed by atoms with Crippen molar-refractivity contribution < 1.29 is 4.79 Å². The maximum atomic E-state index is 13.0. The van der Waals surface area contributed by atoms with Gasteiger partial charge in [-0.2, -0.15) is 5.10 Å². The van der Waals surface area contributed by atoms with Gasteiger partial charge >= 0.3 is 0 Å². The molecule has 5 nitrogen and oxygen atoms in total. The summed E-state index contributed by atoms with van der Waals surface area (Å²) in [6, 6.07) is 1.99. The van der Waals surface area contributed by atoms with Crippen LogP contribution in [0.4, 0.5) is 0 Å². The van der Waals surface area contributed by atoms with Crippen molar-refractivity contribution >= 4 is 5.91 Å². The molecule has 23 heavy (non-hydrogen) atoms. The van der Waals surface area contributed by atoms with Gasteiger partial charge in [-0.1, -0.05) is 13.8 Å². The summed E-state index contributed by atoms with van der Waals surface area (Å²) in [5, 5.41) is 4.31. The minimum Gasteiger partial charge on any atom is -0.351 e. The van der Waals surface area contributed by atoms with E-state index in [9.17, 15) is 4.79 Å². The van der Waals surface area contributed by atoms with Gasteiger partial charge in [0.15, 0.2) is 0 Å². The topological polar surface area (TPSA) is 43.1 Å². The Morgan fingerprint density at radius 1 is 1.35 bits per heavy atom. The molecule has 0 aliphatic heterocycles. The van der Waals surface area contributed by atoms with Gasteiger partial charge in [0.25, 0.3) is 5.91 Å². The summed E-state index contributed by atoms with van der Waals surface area (Å²) in [6.45, 7) is 12.6. The maximum absolute atomic E-state index is 13.0. The lowest BCUT2D eigenvalue weighted by atomic mass is 10.1.